The average Bonchev–Trinajstić information content (AvgIpc) is 2.90. The van der Waals surface area contributed by atoms with Gasteiger partial charge in [0.2, 0.25) is 0 Å². The van der Waals surface area contributed by atoms with E-state index in [0.717, 1.165) is 5.52 Å². The number of aromatic nitrogens is 1. The van der Waals surface area contributed by atoms with Gasteiger partial charge in [-0.2, -0.15) is 5.26 Å². The first-order valence-corrected chi connectivity index (χ1v) is 7.47. The van der Waals surface area contributed by atoms with Crippen LogP contribution in [0.2, 0.25) is 10.0 Å². The van der Waals surface area contributed by atoms with Gasteiger partial charge < -0.3 is 9.14 Å². The van der Waals surface area contributed by atoms with Crippen LogP contribution < -0.4 is 0 Å². The molecule has 0 atom stereocenters. The van der Waals surface area contributed by atoms with Gasteiger partial charge in [-0.15, -0.1) is 0 Å². The van der Waals surface area contributed by atoms with Crippen LogP contribution >= 0.6 is 23.2 Å². The molecule has 0 saturated heterocycles. The van der Waals surface area contributed by atoms with Crippen LogP contribution in [0, 0.1) is 11.3 Å². The highest BCUT2D eigenvalue weighted by atomic mass is 35.5. The van der Waals surface area contributed by atoms with E-state index in [1.807, 2.05) is 28.8 Å². The van der Waals surface area contributed by atoms with Crippen LogP contribution in [0.4, 0.5) is 0 Å². The number of benzene rings is 1. The van der Waals surface area contributed by atoms with Crippen molar-refractivity contribution in [3.05, 3.63) is 75.5 Å². The third-order valence-electron chi connectivity index (χ3n) is 3.40. The van der Waals surface area contributed by atoms with E-state index in [1.54, 1.807) is 24.4 Å². The fourth-order valence-corrected chi connectivity index (χ4v) is 2.88. The smallest absolute Gasteiger partial charge is 0.341 e. The fraction of sp³-hybridized carbons (Fsp3) is 0.0588. The Bertz CT molecular complexity index is 921. The van der Waals surface area contributed by atoms with E-state index in [-0.39, 0.29) is 22.2 Å². The van der Waals surface area contributed by atoms with E-state index < -0.39 is 5.97 Å². The molecule has 23 heavy (non-hydrogen) atoms. The molecule has 3 rings (SSSR count). The molecule has 4 nitrogen and oxygen atoms in total. The number of rotatable bonds is 3. The van der Waals surface area contributed by atoms with E-state index in [4.69, 9.17) is 27.9 Å². The van der Waals surface area contributed by atoms with E-state index >= 15 is 0 Å². The Morgan fingerprint density at radius 3 is 2.61 bits per heavy atom. The molecule has 0 aliphatic carbocycles. The van der Waals surface area contributed by atoms with E-state index in [2.05, 4.69) is 6.07 Å². The third kappa shape index (κ3) is 2.89. The maximum absolute atomic E-state index is 12.2. The van der Waals surface area contributed by atoms with Crippen LogP contribution in [0.5, 0.6) is 0 Å². The van der Waals surface area contributed by atoms with Gasteiger partial charge in [0.15, 0.2) is 0 Å². The number of esters is 1. The number of halogens is 2. The van der Waals surface area contributed by atoms with E-state index in [0.29, 0.717) is 11.1 Å². The highest BCUT2D eigenvalue weighted by molar-refractivity contribution is 6.39. The molecule has 2 heterocycles. The number of hydrogen-bond acceptors (Lipinski definition) is 3. The Morgan fingerprint density at radius 2 is 1.91 bits per heavy atom. The minimum Gasteiger partial charge on any atom is -0.457 e. The Kier molecular flexibility index (Phi) is 4.24. The van der Waals surface area contributed by atoms with Crippen LogP contribution in [-0.4, -0.2) is 10.4 Å². The summed E-state index contributed by atoms with van der Waals surface area (Å²) in [5.41, 5.74) is 1.98. The van der Waals surface area contributed by atoms with Gasteiger partial charge >= 0.3 is 5.97 Å². The van der Waals surface area contributed by atoms with Crippen molar-refractivity contribution in [3.8, 4) is 6.07 Å². The first kappa shape index (κ1) is 15.4. The predicted molar refractivity (Wildman–Crippen MR) is 87.7 cm³/mol. The summed E-state index contributed by atoms with van der Waals surface area (Å²) in [4.78, 5) is 12.2. The molecular formula is C17H10Cl2N2O2. The first-order valence-electron chi connectivity index (χ1n) is 6.71. The number of carbonyl (C=O) groups is 1. The maximum atomic E-state index is 12.2. The SMILES string of the molecule is N#Cc1c(COC(=O)c2c(Cl)cccc2Cl)cn2ccccc12. The highest BCUT2D eigenvalue weighted by Crippen LogP contribution is 2.26. The molecule has 0 unspecified atom stereocenters. The molecule has 0 N–H and O–H groups in total. The highest BCUT2D eigenvalue weighted by Gasteiger charge is 2.18. The predicted octanol–water partition coefficient (Wildman–Crippen LogP) is 4.47. The van der Waals surface area contributed by atoms with Crippen LogP contribution in [0.15, 0.2) is 48.8 Å². The van der Waals surface area contributed by atoms with Gasteiger partial charge in [-0.1, -0.05) is 35.3 Å². The van der Waals surface area contributed by atoms with Crippen LogP contribution in [0.3, 0.4) is 0 Å². The van der Waals surface area contributed by atoms with Crippen molar-refractivity contribution in [2.24, 2.45) is 0 Å². The van der Waals surface area contributed by atoms with E-state index in [9.17, 15) is 10.1 Å². The Morgan fingerprint density at radius 1 is 1.17 bits per heavy atom. The molecular weight excluding hydrogens is 335 g/mol. The van der Waals surface area contributed by atoms with Crippen molar-refractivity contribution in [2.45, 2.75) is 6.61 Å². The normalized spacial score (nSPS) is 10.5. The van der Waals surface area contributed by atoms with Crippen molar-refractivity contribution < 1.29 is 9.53 Å². The lowest BCUT2D eigenvalue weighted by molar-refractivity contribution is 0.0473. The number of carbonyl (C=O) groups excluding carboxylic acids is 1. The second kappa shape index (κ2) is 6.33. The van der Waals surface area contributed by atoms with Crippen LogP contribution in [-0.2, 0) is 11.3 Å². The summed E-state index contributed by atoms with van der Waals surface area (Å²) in [5.74, 6) is -0.625. The van der Waals surface area contributed by atoms with Crippen molar-refractivity contribution in [1.82, 2.24) is 4.40 Å². The zero-order valence-electron chi connectivity index (χ0n) is 11.8. The monoisotopic (exact) mass is 344 g/mol. The zero-order valence-corrected chi connectivity index (χ0v) is 13.3. The zero-order chi connectivity index (χ0) is 16.4. The van der Waals surface area contributed by atoms with Gasteiger partial charge in [-0.05, 0) is 24.3 Å². The third-order valence-corrected chi connectivity index (χ3v) is 4.03. The molecule has 6 heteroatoms. The summed E-state index contributed by atoms with van der Waals surface area (Å²) in [6.07, 6.45) is 3.59. The van der Waals surface area contributed by atoms with Crippen molar-refractivity contribution in [1.29, 1.82) is 5.26 Å². The lowest BCUT2D eigenvalue weighted by Crippen LogP contribution is -2.07. The standard InChI is InChI=1S/C17H10Cl2N2O2/c18-13-4-3-5-14(19)16(13)17(22)23-10-11-9-21-7-2-1-6-15(21)12(11)8-20/h1-7,9H,10H2. The molecule has 0 fully saturated rings. The summed E-state index contributed by atoms with van der Waals surface area (Å²) >= 11 is 12.0. The van der Waals surface area contributed by atoms with Gasteiger partial charge in [0.1, 0.15) is 12.7 Å². The molecule has 0 amide bonds. The number of nitrogens with zero attached hydrogens (tertiary/aromatic N) is 2. The summed E-state index contributed by atoms with van der Waals surface area (Å²) in [7, 11) is 0. The lowest BCUT2D eigenvalue weighted by atomic mass is 10.2. The van der Waals surface area contributed by atoms with Gasteiger partial charge in [-0.3, -0.25) is 0 Å². The average molecular weight is 345 g/mol. The maximum Gasteiger partial charge on any atom is 0.341 e. The molecule has 0 radical (unpaired) electrons. The molecule has 3 aromatic rings. The molecule has 1 aromatic carbocycles. The molecule has 114 valence electrons. The quantitative estimate of drug-likeness (QED) is 0.658. The van der Waals surface area contributed by atoms with E-state index in [1.165, 1.54) is 0 Å². The van der Waals surface area contributed by atoms with Gasteiger partial charge in [0.25, 0.3) is 0 Å². The number of pyridine rings is 1. The van der Waals surface area contributed by atoms with Crippen LogP contribution in [0.1, 0.15) is 21.5 Å². The molecule has 2 aromatic heterocycles. The Balaban J connectivity index is 1.87. The van der Waals surface area contributed by atoms with Gasteiger partial charge in [-0.25, -0.2) is 4.79 Å². The topological polar surface area (TPSA) is 54.5 Å². The summed E-state index contributed by atoms with van der Waals surface area (Å²) in [6.45, 7) is -0.0367. The van der Waals surface area contributed by atoms with Crippen LogP contribution in [0.25, 0.3) is 5.52 Å². The second-order valence-electron chi connectivity index (χ2n) is 4.81. The Hall–Kier alpha value is -2.48. The number of fused-ring (bicyclic) bond motifs is 1. The van der Waals surface area contributed by atoms with Gasteiger partial charge in [0, 0.05) is 18.0 Å². The largest absolute Gasteiger partial charge is 0.457 e. The molecule has 0 saturated carbocycles. The fourth-order valence-electron chi connectivity index (χ4n) is 2.32. The summed E-state index contributed by atoms with van der Waals surface area (Å²) in [5, 5.41) is 9.78. The number of hydrogen-bond donors (Lipinski definition) is 0. The molecule has 0 aliphatic heterocycles. The van der Waals surface area contributed by atoms with Crippen molar-refractivity contribution >= 4 is 34.7 Å². The van der Waals surface area contributed by atoms with Gasteiger partial charge in [0.05, 0.1) is 26.7 Å². The number of nitriles is 1. The van der Waals surface area contributed by atoms with Crippen molar-refractivity contribution in [3.63, 3.8) is 0 Å². The first-order chi connectivity index (χ1) is 11.1. The summed E-state index contributed by atoms with van der Waals surface area (Å²) < 4.78 is 7.09. The molecule has 0 bridgehead atoms. The minimum atomic E-state index is -0.625. The molecule has 0 spiro atoms. The summed E-state index contributed by atoms with van der Waals surface area (Å²) in [6, 6.07) is 12.4. The lowest BCUT2D eigenvalue weighted by Gasteiger charge is -2.07. The number of ether oxygens (including phenoxy) is 1. The Labute approximate surface area is 142 Å². The minimum absolute atomic E-state index is 0.0367. The van der Waals surface area contributed by atoms with Crippen molar-refractivity contribution in [2.75, 3.05) is 0 Å². The second-order valence-corrected chi connectivity index (χ2v) is 5.62. The molecule has 0 aliphatic rings.